The van der Waals surface area contributed by atoms with E-state index in [1.807, 2.05) is 11.3 Å². The van der Waals surface area contributed by atoms with Gasteiger partial charge in [0.2, 0.25) is 0 Å². The van der Waals surface area contributed by atoms with Crippen LogP contribution in [0.2, 0.25) is 0 Å². The fraction of sp³-hybridized carbons (Fsp3) is 0.579. The molecule has 0 bridgehead atoms. The van der Waals surface area contributed by atoms with Crippen LogP contribution in [0.3, 0.4) is 0 Å². The van der Waals surface area contributed by atoms with Gasteiger partial charge in [-0.05, 0) is 47.7 Å². The summed E-state index contributed by atoms with van der Waals surface area (Å²) in [6.07, 6.45) is 9.97. The first-order chi connectivity index (χ1) is 10.4. The van der Waals surface area contributed by atoms with E-state index in [-0.39, 0.29) is 0 Å². The molecule has 1 N–H and O–H groups in total. The van der Waals surface area contributed by atoms with Gasteiger partial charge >= 0.3 is 0 Å². The van der Waals surface area contributed by atoms with Gasteiger partial charge in [0, 0.05) is 10.7 Å². The van der Waals surface area contributed by atoms with E-state index in [0.717, 1.165) is 12.5 Å². The maximum atomic E-state index is 3.73. The van der Waals surface area contributed by atoms with Crippen molar-refractivity contribution in [2.75, 3.05) is 6.54 Å². The van der Waals surface area contributed by atoms with Crippen LogP contribution in [0.15, 0.2) is 29.6 Å². The Balaban J connectivity index is 1.72. The second-order valence-electron chi connectivity index (χ2n) is 6.38. The Morgan fingerprint density at radius 3 is 2.86 bits per heavy atom. The van der Waals surface area contributed by atoms with Gasteiger partial charge in [0.1, 0.15) is 0 Å². The normalized spacial score (nSPS) is 18.1. The number of hydrogen-bond acceptors (Lipinski definition) is 2. The van der Waals surface area contributed by atoms with Gasteiger partial charge in [-0.3, -0.25) is 0 Å². The smallest absolute Gasteiger partial charge is 0.0390 e. The molecule has 1 heterocycles. The van der Waals surface area contributed by atoms with E-state index >= 15 is 0 Å². The number of thiophene rings is 1. The Hall–Kier alpha value is -0.860. The molecular formula is C19H27NS. The standard InChI is InChI=1S/C19H27NS/c1-2-20-18(12-11-15-7-4-3-5-8-15)17-10-6-9-16-13-14-21-19(16)17/h6,9-10,13-15,18,20H,2-5,7-8,11-12H2,1H3. The van der Waals surface area contributed by atoms with Crippen LogP contribution in [0.25, 0.3) is 10.1 Å². The molecule has 1 aliphatic carbocycles. The van der Waals surface area contributed by atoms with Crippen molar-refractivity contribution in [3.63, 3.8) is 0 Å². The predicted octanol–water partition coefficient (Wildman–Crippen LogP) is 5.91. The first kappa shape index (κ1) is 15.1. The van der Waals surface area contributed by atoms with Crippen molar-refractivity contribution in [2.45, 2.75) is 57.9 Å². The second kappa shape index (κ2) is 7.42. The summed E-state index contributed by atoms with van der Waals surface area (Å²) in [4.78, 5) is 0. The van der Waals surface area contributed by atoms with Gasteiger partial charge in [-0.1, -0.05) is 57.2 Å². The molecule has 1 aromatic carbocycles. The zero-order valence-electron chi connectivity index (χ0n) is 13.1. The molecule has 1 saturated carbocycles. The molecule has 0 amide bonds. The van der Waals surface area contributed by atoms with Crippen LogP contribution in [-0.2, 0) is 0 Å². The lowest BCUT2D eigenvalue weighted by atomic mass is 9.84. The van der Waals surface area contributed by atoms with Crippen LogP contribution >= 0.6 is 11.3 Å². The molecule has 1 atom stereocenters. The van der Waals surface area contributed by atoms with Gasteiger partial charge < -0.3 is 5.32 Å². The van der Waals surface area contributed by atoms with E-state index in [1.165, 1.54) is 60.6 Å². The van der Waals surface area contributed by atoms with Crippen molar-refractivity contribution >= 4 is 21.4 Å². The number of hydrogen-bond donors (Lipinski definition) is 1. The molecule has 1 fully saturated rings. The number of rotatable bonds is 6. The average molecular weight is 301 g/mol. The van der Waals surface area contributed by atoms with Gasteiger partial charge in [0.25, 0.3) is 0 Å². The lowest BCUT2D eigenvalue weighted by molar-refractivity contribution is 0.315. The maximum Gasteiger partial charge on any atom is 0.0390 e. The SMILES string of the molecule is CCNC(CCC1CCCCC1)c1cccc2ccsc12. The molecule has 0 aliphatic heterocycles. The van der Waals surface area contributed by atoms with Crippen LogP contribution in [0.4, 0.5) is 0 Å². The van der Waals surface area contributed by atoms with Gasteiger partial charge in [-0.2, -0.15) is 0 Å². The Kier molecular flexibility index (Phi) is 5.32. The molecule has 2 heteroatoms. The summed E-state index contributed by atoms with van der Waals surface area (Å²) in [7, 11) is 0. The van der Waals surface area contributed by atoms with E-state index in [1.54, 1.807) is 0 Å². The Bertz CT molecular complexity index is 553. The molecule has 0 spiro atoms. The zero-order valence-corrected chi connectivity index (χ0v) is 13.9. The van der Waals surface area contributed by atoms with Crippen molar-refractivity contribution in [3.05, 3.63) is 35.2 Å². The Morgan fingerprint density at radius 2 is 2.05 bits per heavy atom. The molecule has 1 aromatic heterocycles. The third-order valence-electron chi connectivity index (χ3n) is 4.92. The fourth-order valence-electron chi connectivity index (χ4n) is 3.78. The summed E-state index contributed by atoms with van der Waals surface area (Å²) in [5.41, 5.74) is 1.51. The molecule has 0 saturated heterocycles. The number of benzene rings is 1. The van der Waals surface area contributed by atoms with E-state index in [2.05, 4.69) is 41.9 Å². The van der Waals surface area contributed by atoms with Gasteiger partial charge in [-0.15, -0.1) is 11.3 Å². The molecular weight excluding hydrogens is 274 g/mol. The highest BCUT2D eigenvalue weighted by Crippen LogP contribution is 2.34. The molecule has 1 nitrogen and oxygen atoms in total. The number of fused-ring (bicyclic) bond motifs is 1. The van der Waals surface area contributed by atoms with Crippen molar-refractivity contribution in [2.24, 2.45) is 5.92 Å². The maximum absolute atomic E-state index is 3.73. The van der Waals surface area contributed by atoms with E-state index in [9.17, 15) is 0 Å². The monoisotopic (exact) mass is 301 g/mol. The van der Waals surface area contributed by atoms with Crippen molar-refractivity contribution < 1.29 is 0 Å². The first-order valence-electron chi connectivity index (χ1n) is 8.58. The number of nitrogens with one attached hydrogen (secondary N) is 1. The van der Waals surface area contributed by atoms with Crippen LogP contribution in [0, 0.1) is 5.92 Å². The minimum Gasteiger partial charge on any atom is -0.310 e. The topological polar surface area (TPSA) is 12.0 Å². The highest BCUT2D eigenvalue weighted by atomic mass is 32.1. The highest BCUT2D eigenvalue weighted by molar-refractivity contribution is 7.17. The summed E-state index contributed by atoms with van der Waals surface area (Å²) >= 11 is 1.89. The molecule has 2 aromatic rings. The van der Waals surface area contributed by atoms with E-state index < -0.39 is 0 Å². The summed E-state index contributed by atoms with van der Waals surface area (Å²) in [5.74, 6) is 0.974. The fourth-order valence-corrected chi connectivity index (χ4v) is 4.75. The molecule has 21 heavy (non-hydrogen) atoms. The quantitative estimate of drug-likeness (QED) is 0.699. The van der Waals surface area contributed by atoms with Gasteiger partial charge in [0.05, 0.1) is 0 Å². The Labute approximate surface area is 132 Å². The largest absolute Gasteiger partial charge is 0.310 e. The highest BCUT2D eigenvalue weighted by Gasteiger charge is 2.18. The lowest BCUT2D eigenvalue weighted by Gasteiger charge is -2.25. The summed E-state index contributed by atoms with van der Waals surface area (Å²) in [6, 6.07) is 9.55. The van der Waals surface area contributed by atoms with Crippen LogP contribution in [-0.4, -0.2) is 6.54 Å². The minimum atomic E-state index is 0.527. The van der Waals surface area contributed by atoms with Crippen LogP contribution < -0.4 is 5.32 Å². The van der Waals surface area contributed by atoms with E-state index in [4.69, 9.17) is 0 Å². The van der Waals surface area contributed by atoms with Crippen LogP contribution in [0.5, 0.6) is 0 Å². The predicted molar refractivity (Wildman–Crippen MR) is 94.1 cm³/mol. The summed E-state index contributed by atoms with van der Waals surface area (Å²) in [5, 5.41) is 7.35. The summed E-state index contributed by atoms with van der Waals surface area (Å²) < 4.78 is 1.48. The summed E-state index contributed by atoms with van der Waals surface area (Å²) in [6.45, 7) is 3.28. The second-order valence-corrected chi connectivity index (χ2v) is 7.29. The zero-order chi connectivity index (χ0) is 14.5. The lowest BCUT2D eigenvalue weighted by Crippen LogP contribution is -2.22. The van der Waals surface area contributed by atoms with Crippen molar-refractivity contribution in [3.8, 4) is 0 Å². The van der Waals surface area contributed by atoms with Gasteiger partial charge in [-0.25, -0.2) is 0 Å². The first-order valence-corrected chi connectivity index (χ1v) is 9.46. The molecule has 0 radical (unpaired) electrons. The van der Waals surface area contributed by atoms with Crippen LogP contribution in [0.1, 0.15) is 63.5 Å². The molecule has 1 aliphatic rings. The van der Waals surface area contributed by atoms with Gasteiger partial charge in [0.15, 0.2) is 0 Å². The third kappa shape index (κ3) is 3.67. The Morgan fingerprint density at radius 1 is 1.19 bits per heavy atom. The molecule has 114 valence electrons. The molecule has 3 rings (SSSR count). The third-order valence-corrected chi connectivity index (χ3v) is 5.90. The minimum absolute atomic E-state index is 0.527. The van der Waals surface area contributed by atoms with E-state index in [0.29, 0.717) is 6.04 Å². The average Bonchev–Trinajstić information content (AvgIpc) is 3.01. The van der Waals surface area contributed by atoms with Crippen molar-refractivity contribution in [1.29, 1.82) is 0 Å². The van der Waals surface area contributed by atoms with Crippen molar-refractivity contribution in [1.82, 2.24) is 5.32 Å². The molecule has 1 unspecified atom stereocenters.